The molecule has 1 atom stereocenters. The Morgan fingerprint density at radius 3 is 2.93 bits per heavy atom. The number of rotatable bonds is 0. The summed E-state index contributed by atoms with van der Waals surface area (Å²) in [6.45, 7) is 1.47. The molecule has 1 aromatic rings. The average Bonchev–Trinajstić information content (AvgIpc) is 2.16. The van der Waals surface area contributed by atoms with E-state index in [-0.39, 0.29) is 11.6 Å². The van der Waals surface area contributed by atoms with Gasteiger partial charge in [0.2, 0.25) is 0 Å². The minimum atomic E-state index is -0.815. The maximum Gasteiger partial charge on any atom is 0.298 e. The van der Waals surface area contributed by atoms with Gasteiger partial charge in [0, 0.05) is 11.8 Å². The van der Waals surface area contributed by atoms with Crippen LogP contribution < -0.4 is 5.32 Å². The van der Waals surface area contributed by atoms with E-state index in [2.05, 4.69) is 5.32 Å². The Morgan fingerprint density at radius 1 is 1.50 bits per heavy atom. The Hall–Kier alpha value is -1.78. The van der Waals surface area contributed by atoms with Crippen molar-refractivity contribution in [2.45, 2.75) is 13.0 Å². The van der Waals surface area contributed by atoms with Crippen molar-refractivity contribution in [1.82, 2.24) is 0 Å². The number of halogens is 1. The second-order valence-electron chi connectivity index (χ2n) is 3.15. The topological polar surface area (TPSA) is 49.2 Å². The van der Waals surface area contributed by atoms with Crippen molar-refractivity contribution < 1.29 is 13.9 Å². The SMILES string of the molecule is CC1C(=O)Nc2ccc(F)cc2[N+]1=O. The number of anilines is 1. The van der Waals surface area contributed by atoms with Crippen molar-refractivity contribution in [3.63, 3.8) is 0 Å². The minimum absolute atomic E-state index is 0.164. The molecule has 0 saturated carbocycles. The Bertz CT molecular complexity index is 431. The number of hydrogen-bond acceptors (Lipinski definition) is 2. The van der Waals surface area contributed by atoms with Crippen LogP contribution >= 0.6 is 0 Å². The molecule has 1 unspecified atom stereocenters. The number of nitrogens with zero attached hydrogens (tertiary/aromatic N) is 1. The van der Waals surface area contributed by atoms with E-state index in [9.17, 15) is 14.1 Å². The first-order valence-corrected chi connectivity index (χ1v) is 4.16. The number of nitrogens with one attached hydrogen (secondary N) is 1. The van der Waals surface area contributed by atoms with E-state index in [1.54, 1.807) is 0 Å². The first-order valence-electron chi connectivity index (χ1n) is 4.16. The highest BCUT2D eigenvalue weighted by Crippen LogP contribution is 2.30. The highest BCUT2D eigenvalue weighted by Gasteiger charge is 2.38. The lowest BCUT2D eigenvalue weighted by Gasteiger charge is -2.13. The number of nitroso groups, excluding NO2 is 1. The van der Waals surface area contributed by atoms with Crippen LogP contribution in [0.2, 0.25) is 0 Å². The van der Waals surface area contributed by atoms with Gasteiger partial charge in [-0.3, -0.25) is 4.79 Å². The smallest absolute Gasteiger partial charge is 0.298 e. The fraction of sp³-hybridized carbons (Fsp3) is 0.222. The molecule has 2 rings (SSSR count). The van der Waals surface area contributed by atoms with Crippen molar-refractivity contribution in [2.24, 2.45) is 0 Å². The minimum Gasteiger partial charge on any atom is -0.314 e. The van der Waals surface area contributed by atoms with Gasteiger partial charge in [0.05, 0.1) is 10.8 Å². The molecule has 14 heavy (non-hydrogen) atoms. The van der Waals surface area contributed by atoms with Crippen LogP contribution in [0.15, 0.2) is 18.2 Å². The van der Waals surface area contributed by atoms with Gasteiger partial charge in [-0.1, -0.05) is 0 Å². The molecule has 0 bridgehead atoms. The van der Waals surface area contributed by atoms with Gasteiger partial charge in [0.15, 0.2) is 0 Å². The van der Waals surface area contributed by atoms with E-state index in [0.717, 1.165) is 6.07 Å². The predicted molar refractivity (Wildman–Crippen MR) is 47.8 cm³/mol. The molecule has 0 aliphatic carbocycles. The van der Waals surface area contributed by atoms with Crippen LogP contribution in [0.4, 0.5) is 15.8 Å². The van der Waals surface area contributed by atoms with Gasteiger partial charge in [-0.25, -0.2) is 4.39 Å². The zero-order chi connectivity index (χ0) is 10.3. The van der Waals surface area contributed by atoms with E-state index >= 15 is 0 Å². The third kappa shape index (κ3) is 1.17. The lowest BCUT2D eigenvalue weighted by molar-refractivity contribution is -0.487. The fourth-order valence-electron chi connectivity index (χ4n) is 1.35. The summed E-state index contributed by atoms with van der Waals surface area (Å²) in [4.78, 5) is 22.7. The zero-order valence-electron chi connectivity index (χ0n) is 7.45. The largest absolute Gasteiger partial charge is 0.314 e. The lowest BCUT2D eigenvalue weighted by atomic mass is 10.1. The molecule has 1 heterocycles. The molecule has 1 aliphatic heterocycles. The second-order valence-corrected chi connectivity index (χ2v) is 3.15. The Labute approximate surface area is 79.3 Å². The highest BCUT2D eigenvalue weighted by molar-refractivity contribution is 5.97. The molecule has 0 spiro atoms. The average molecular weight is 195 g/mol. The van der Waals surface area contributed by atoms with E-state index in [1.165, 1.54) is 19.1 Å². The van der Waals surface area contributed by atoms with E-state index in [1.807, 2.05) is 0 Å². The van der Waals surface area contributed by atoms with E-state index in [4.69, 9.17) is 0 Å². The first-order chi connectivity index (χ1) is 6.59. The number of fused-ring (bicyclic) bond motifs is 1. The third-order valence-electron chi connectivity index (χ3n) is 2.19. The Morgan fingerprint density at radius 2 is 2.21 bits per heavy atom. The number of carbonyl (C=O) groups excluding carboxylic acids is 1. The van der Waals surface area contributed by atoms with E-state index < -0.39 is 11.9 Å². The lowest BCUT2D eigenvalue weighted by Crippen LogP contribution is -2.36. The maximum atomic E-state index is 12.8. The molecular formula is C9H8FN2O2+. The van der Waals surface area contributed by atoms with Gasteiger partial charge >= 0.3 is 0 Å². The van der Waals surface area contributed by atoms with Gasteiger partial charge < -0.3 is 5.32 Å². The fourth-order valence-corrected chi connectivity index (χ4v) is 1.35. The molecule has 0 fully saturated rings. The van der Waals surface area contributed by atoms with Gasteiger partial charge in [0.25, 0.3) is 17.6 Å². The summed E-state index contributed by atoms with van der Waals surface area (Å²) in [6.07, 6.45) is 0. The van der Waals surface area contributed by atoms with Crippen LogP contribution in [-0.4, -0.2) is 16.7 Å². The third-order valence-corrected chi connectivity index (χ3v) is 2.19. The van der Waals surface area contributed by atoms with E-state index in [0.29, 0.717) is 10.4 Å². The number of hydrogen-bond donors (Lipinski definition) is 1. The van der Waals surface area contributed by atoms with Gasteiger partial charge in [-0.05, 0) is 12.1 Å². The van der Waals surface area contributed by atoms with Gasteiger partial charge in [0.1, 0.15) is 11.5 Å². The quantitative estimate of drug-likeness (QED) is 0.639. The molecule has 0 aromatic heterocycles. The normalized spacial score (nSPS) is 20.3. The summed E-state index contributed by atoms with van der Waals surface area (Å²) in [7, 11) is 0. The molecule has 0 radical (unpaired) electrons. The first kappa shape index (κ1) is 8.80. The monoisotopic (exact) mass is 195 g/mol. The highest BCUT2D eigenvalue weighted by atomic mass is 19.1. The Kier molecular flexibility index (Phi) is 1.80. The number of carbonyl (C=O) groups is 1. The predicted octanol–water partition coefficient (Wildman–Crippen LogP) is 1.58. The van der Waals surface area contributed by atoms with Crippen molar-refractivity contribution in [1.29, 1.82) is 0 Å². The molecule has 1 N–H and O–H groups in total. The summed E-state index contributed by atoms with van der Waals surface area (Å²) < 4.78 is 13.3. The molecule has 1 amide bonds. The standard InChI is InChI=1S/C9H7FN2O2/c1-5-9(13)11-7-3-2-6(10)4-8(7)12(5)14/h2-5H,1H3/p+1. The molecule has 4 nitrogen and oxygen atoms in total. The molecule has 72 valence electrons. The van der Waals surface area contributed by atoms with Crippen molar-refractivity contribution in [3.05, 3.63) is 28.9 Å². The van der Waals surface area contributed by atoms with Gasteiger partial charge in [-0.2, -0.15) is 0 Å². The maximum absolute atomic E-state index is 12.8. The summed E-state index contributed by atoms with van der Waals surface area (Å²) >= 11 is 0. The summed E-state index contributed by atoms with van der Waals surface area (Å²) in [6, 6.07) is 2.87. The van der Waals surface area contributed by atoms with Crippen LogP contribution in [0.25, 0.3) is 0 Å². The van der Waals surface area contributed by atoms with Gasteiger partial charge in [-0.15, -0.1) is 0 Å². The molecule has 5 heteroatoms. The van der Waals surface area contributed by atoms with Crippen LogP contribution in [0.5, 0.6) is 0 Å². The van der Waals surface area contributed by atoms with Crippen LogP contribution in [-0.2, 0) is 4.79 Å². The molecule has 1 aromatic carbocycles. The number of benzene rings is 1. The van der Waals surface area contributed by atoms with Crippen molar-refractivity contribution >= 4 is 17.3 Å². The van der Waals surface area contributed by atoms with Crippen LogP contribution in [0.1, 0.15) is 6.92 Å². The molecule has 0 saturated heterocycles. The Balaban J connectivity index is 2.57. The molecule has 1 aliphatic rings. The van der Waals surface area contributed by atoms with Crippen LogP contribution in [0.3, 0.4) is 0 Å². The zero-order valence-corrected chi connectivity index (χ0v) is 7.45. The summed E-state index contributed by atoms with van der Waals surface area (Å²) in [5.41, 5.74) is 0.515. The molecular weight excluding hydrogens is 187 g/mol. The van der Waals surface area contributed by atoms with Crippen LogP contribution in [0, 0.1) is 10.7 Å². The number of amides is 1. The second kappa shape index (κ2) is 2.87. The van der Waals surface area contributed by atoms with Crippen molar-refractivity contribution in [2.75, 3.05) is 5.32 Å². The summed E-state index contributed by atoms with van der Waals surface area (Å²) in [5.74, 6) is -0.868. The summed E-state index contributed by atoms with van der Waals surface area (Å²) in [5, 5.41) is 2.52. The van der Waals surface area contributed by atoms with Crippen molar-refractivity contribution in [3.8, 4) is 0 Å².